The summed E-state index contributed by atoms with van der Waals surface area (Å²) in [6.07, 6.45) is 0.372. The van der Waals surface area contributed by atoms with Crippen LogP contribution in [0.3, 0.4) is 0 Å². The lowest BCUT2D eigenvalue weighted by molar-refractivity contribution is -0.193. The second-order valence-electron chi connectivity index (χ2n) is 11.7. The molecule has 0 aromatic heterocycles. The summed E-state index contributed by atoms with van der Waals surface area (Å²) in [6, 6.07) is 7.43. The SMILES string of the molecule is COc1ccc(COCC[C@@](O[Si](C)(C)C)(C(=O)OC(C)(C)C)[C@H](CC=O)C(=O)OC(C)(C)C)cc1. The van der Waals surface area contributed by atoms with Gasteiger partial charge in [0.2, 0.25) is 0 Å². The van der Waals surface area contributed by atoms with Gasteiger partial charge in [-0.25, -0.2) is 4.79 Å². The molecule has 0 N–H and O–H groups in total. The van der Waals surface area contributed by atoms with Crippen LogP contribution in [-0.4, -0.2) is 57.1 Å². The van der Waals surface area contributed by atoms with Gasteiger partial charge in [0.25, 0.3) is 0 Å². The van der Waals surface area contributed by atoms with Crippen molar-refractivity contribution in [3.63, 3.8) is 0 Å². The van der Waals surface area contributed by atoms with Crippen molar-refractivity contribution in [2.45, 2.75) is 97.4 Å². The normalized spacial score (nSPS) is 14.9. The minimum absolute atomic E-state index is 0.0140. The van der Waals surface area contributed by atoms with Crippen molar-refractivity contribution in [3.8, 4) is 5.75 Å². The highest BCUT2D eigenvalue weighted by atomic mass is 28.4. The number of hydrogen-bond donors (Lipinski definition) is 0. The molecule has 0 heterocycles. The van der Waals surface area contributed by atoms with E-state index in [9.17, 15) is 14.4 Å². The number of methoxy groups -OCH3 is 1. The van der Waals surface area contributed by atoms with Gasteiger partial charge in [-0.3, -0.25) is 4.79 Å². The predicted octanol–water partition coefficient (Wildman–Crippen LogP) is 5.08. The monoisotopic (exact) mass is 524 g/mol. The Hall–Kier alpha value is -2.23. The molecule has 0 fully saturated rings. The van der Waals surface area contributed by atoms with E-state index in [4.69, 9.17) is 23.4 Å². The second kappa shape index (κ2) is 12.8. The van der Waals surface area contributed by atoms with Gasteiger partial charge in [-0.15, -0.1) is 0 Å². The van der Waals surface area contributed by atoms with Crippen LogP contribution in [0.25, 0.3) is 0 Å². The Morgan fingerprint density at radius 1 is 0.944 bits per heavy atom. The summed E-state index contributed by atoms with van der Waals surface area (Å²) in [4.78, 5) is 38.8. The number of hydrogen-bond acceptors (Lipinski definition) is 8. The van der Waals surface area contributed by atoms with Crippen molar-refractivity contribution < 1.29 is 37.8 Å². The number of carbonyl (C=O) groups excluding carboxylic acids is 3. The number of ether oxygens (including phenoxy) is 4. The standard InChI is InChI=1S/C27H44O8Si/c1-25(2,3)33-23(29)22(15-17-28)27(35-36(8,9)10,24(30)34-26(4,5)6)16-18-32-19-20-11-13-21(31-7)14-12-20/h11-14,17,22H,15-16,18-19H2,1-10H3/t22-,27+/m1/s1. The molecule has 0 bridgehead atoms. The van der Waals surface area contributed by atoms with Gasteiger partial charge < -0.3 is 28.2 Å². The van der Waals surface area contributed by atoms with Crippen LogP contribution in [0.15, 0.2) is 24.3 Å². The first kappa shape index (κ1) is 31.8. The quantitative estimate of drug-likeness (QED) is 0.152. The van der Waals surface area contributed by atoms with E-state index in [-0.39, 0.29) is 26.1 Å². The first-order chi connectivity index (χ1) is 16.4. The smallest absolute Gasteiger partial charge is 0.338 e. The highest BCUT2D eigenvalue weighted by Crippen LogP contribution is 2.37. The fourth-order valence-corrected chi connectivity index (χ4v) is 5.00. The molecule has 204 valence electrons. The third-order valence-electron chi connectivity index (χ3n) is 4.86. The number of carbonyl (C=O) groups is 3. The van der Waals surface area contributed by atoms with Gasteiger partial charge in [0.05, 0.1) is 20.3 Å². The Kier molecular flexibility index (Phi) is 11.3. The predicted molar refractivity (Wildman–Crippen MR) is 140 cm³/mol. The highest BCUT2D eigenvalue weighted by Gasteiger charge is 2.55. The Balaban J connectivity index is 3.38. The van der Waals surface area contributed by atoms with Crippen LogP contribution in [0, 0.1) is 5.92 Å². The second-order valence-corrected chi connectivity index (χ2v) is 16.2. The molecule has 36 heavy (non-hydrogen) atoms. The molecule has 1 aromatic carbocycles. The lowest BCUT2D eigenvalue weighted by Gasteiger charge is -2.42. The summed E-state index contributed by atoms with van der Waals surface area (Å²) in [6.45, 7) is 16.5. The lowest BCUT2D eigenvalue weighted by atomic mass is 9.82. The summed E-state index contributed by atoms with van der Waals surface area (Å²) >= 11 is 0. The van der Waals surface area contributed by atoms with Crippen molar-refractivity contribution in [1.29, 1.82) is 0 Å². The largest absolute Gasteiger partial charge is 0.497 e. The topological polar surface area (TPSA) is 97.4 Å². The minimum atomic E-state index is -2.46. The van der Waals surface area contributed by atoms with Crippen molar-refractivity contribution in [2.24, 2.45) is 5.92 Å². The fourth-order valence-electron chi connectivity index (χ4n) is 3.57. The Labute approximate surface area is 217 Å². The maximum Gasteiger partial charge on any atom is 0.338 e. The molecule has 0 aliphatic rings. The molecular formula is C27H44O8Si. The third kappa shape index (κ3) is 10.8. The molecule has 1 rings (SSSR count). The maximum absolute atomic E-state index is 13.8. The molecule has 0 saturated carbocycles. The number of rotatable bonds is 13. The van der Waals surface area contributed by atoms with E-state index in [1.807, 2.05) is 43.9 Å². The minimum Gasteiger partial charge on any atom is -0.497 e. The van der Waals surface area contributed by atoms with Crippen LogP contribution < -0.4 is 4.74 Å². The van der Waals surface area contributed by atoms with Crippen molar-refractivity contribution in [1.82, 2.24) is 0 Å². The highest BCUT2D eigenvalue weighted by molar-refractivity contribution is 6.70. The van der Waals surface area contributed by atoms with Crippen LogP contribution in [-0.2, 0) is 39.6 Å². The molecule has 0 aliphatic carbocycles. The van der Waals surface area contributed by atoms with Gasteiger partial charge >= 0.3 is 11.9 Å². The van der Waals surface area contributed by atoms with Crippen LogP contribution in [0.4, 0.5) is 0 Å². The Bertz CT molecular complexity index is 862. The summed E-state index contributed by atoms with van der Waals surface area (Å²) in [5.41, 5.74) is -2.49. The average Bonchev–Trinajstić information content (AvgIpc) is 2.71. The lowest BCUT2D eigenvalue weighted by Crippen LogP contribution is -2.59. The van der Waals surface area contributed by atoms with Crippen molar-refractivity contribution in [2.75, 3.05) is 13.7 Å². The van der Waals surface area contributed by atoms with Crippen molar-refractivity contribution >= 4 is 26.5 Å². The molecular weight excluding hydrogens is 480 g/mol. The first-order valence-corrected chi connectivity index (χ1v) is 15.6. The van der Waals surface area contributed by atoms with E-state index >= 15 is 0 Å². The zero-order valence-corrected chi connectivity index (χ0v) is 24.6. The van der Waals surface area contributed by atoms with E-state index in [1.165, 1.54) is 0 Å². The van der Waals surface area contributed by atoms with Gasteiger partial charge in [0.1, 0.15) is 29.2 Å². The Morgan fingerprint density at radius 2 is 1.50 bits per heavy atom. The van der Waals surface area contributed by atoms with Crippen molar-refractivity contribution in [3.05, 3.63) is 29.8 Å². The molecule has 0 amide bonds. The van der Waals surface area contributed by atoms with E-state index in [1.54, 1.807) is 48.7 Å². The molecule has 1 aromatic rings. The van der Waals surface area contributed by atoms with E-state index in [2.05, 4.69) is 0 Å². The van der Waals surface area contributed by atoms with Gasteiger partial charge in [0, 0.05) is 12.8 Å². The first-order valence-electron chi connectivity index (χ1n) is 12.2. The molecule has 0 saturated heterocycles. The number of esters is 2. The number of aldehydes is 1. The van der Waals surface area contributed by atoms with Gasteiger partial charge in [0.15, 0.2) is 13.9 Å². The molecule has 9 heteroatoms. The average molecular weight is 525 g/mol. The van der Waals surface area contributed by atoms with Crippen LogP contribution in [0.2, 0.25) is 19.6 Å². The fraction of sp³-hybridized carbons (Fsp3) is 0.667. The van der Waals surface area contributed by atoms with Gasteiger partial charge in [-0.05, 0) is 78.9 Å². The van der Waals surface area contributed by atoms with E-state index in [0.717, 1.165) is 11.3 Å². The molecule has 0 radical (unpaired) electrons. The summed E-state index contributed by atoms with van der Waals surface area (Å²) in [7, 11) is -0.858. The summed E-state index contributed by atoms with van der Waals surface area (Å²) in [5.74, 6) is -1.85. The molecule has 8 nitrogen and oxygen atoms in total. The number of benzene rings is 1. The molecule has 0 spiro atoms. The van der Waals surface area contributed by atoms with Gasteiger partial charge in [-0.1, -0.05) is 12.1 Å². The zero-order chi connectivity index (χ0) is 27.8. The summed E-state index contributed by atoms with van der Waals surface area (Å²) in [5, 5.41) is 0. The van der Waals surface area contributed by atoms with E-state index < -0.39 is 43.0 Å². The maximum atomic E-state index is 13.8. The molecule has 2 atom stereocenters. The van der Waals surface area contributed by atoms with Crippen LogP contribution in [0.5, 0.6) is 5.75 Å². The summed E-state index contributed by atoms with van der Waals surface area (Å²) < 4.78 is 28.9. The third-order valence-corrected chi connectivity index (χ3v) is 5.84. The van der Waals surface area contributed by atoms with E-state index in [0.29, 0.717) is 6.29 Å². The van der Waals surface area contributed by atoms with Crippen LogP contribution >= 0.6 is 0 Å². The van der Waals surface area contributed by atoms with Crippen LogP contribution in [0.1, 0.15) is 59.9 Å². The zero-order valence-electron chi connectivity index (χ0n) is 23.6. The molecule has 0 unspecified atom stereocenters. The van der Waals surface area contributed by atoms with Gasteiger partial charge in [-0.2, -0.15) is 0 Å². The Morgan fingerprint density at radius 3 is 1.94 bits per heavy atom. The molecule has 0 aliphatic heterocycles.